The van der Waals surface area contributed by atoms with Crippen molar-refractivity contribution in [2.45, 2.75) is 26.0 Å². The van der Waals surface area contributed by atoms with Crippen LogP contribution in [-0.2, 0) is 22.6 Å². The number of fused-ring (bicyclic) bond motifs is 1. The number of para-hydroxylation sites is 1. The molecule has 0 fully saturated rings. The first-order valence-electron chi connectivity index (χ1n) is 11.9. The van der Waals surface area contributed by atoms with Crippen LogP contribution >= 0.6 is 31.9 Å². The smallest absolute Gasteiger partial charge is 0.407 e. The lowest BCUT2D eigenvalue weighted by Gasteiger charge is -2.16. The van der Waals surface area contributed by atoms with Gasteiger partial charge in [0.25, 0.3) is 5.91 Å². The molecule has 0 radical (unpaired) electrons. The van der Waals surface area contributed by atoms with Gasteiger partial charge in [0.1, 0.15) is 18.4 Å². The van der Waals surface area contributed by atoms with Crippen molar-refractivity contribution >= 4 is 61.0 Å². The highest BCUT2D eigenvalue weighted by molar-refractivity contribution is 9.11. The third kappa shape index (κ3) is 7.23. The molecule has 1 heterocycles. The molecule has 3 aromatic carbocycles. The van der Waals surface area contributed by atoms with Crippen molar-refractivity contribution in [2.75, 3.05) is 6.61 Å². The molecule has 3 N–H and O–H groups in total. The van der Waals surface area contributed by atoms with Gasteiger partial charge in [0.2, 0.25) is 0 Å². The quantitative estimate of drug-likeness (QED) is 0.144. The highest BCUT2D eigenvalue weighted by atomic mass is 79.9. The lowest BCUT2D eigenvalue weighted by Crippen LogP contribution is -2.47. The minimum absolute atomic E-state index is 0.189. The summed E-state index contributed by atoms with van der Waals surface area (Å²) in [5, 5.41) is 7.77. The number of halogens is 2. The number of hydrogen-bond acceptors (Lipinski definition) is 5. The molecule has 8 nitrogen and oxygen atoms in total. The Hall–Kier alpha value is -3.63. The van der Waals surface area contributed by atoms with Crippen molar-refractivity contribution < 1.29 is 19.1 Å². The van der Waals surface area contributed by atoms with E-state index in [1.807, 2.05) is 72.9 Å². The van der Waals surface area contributed by atoms with Crippen LogP contribution in [0.15, 0.2) is 87.0 Å². The van der Waals surface area contributed by atoms with Gasteiger partial charge in [0.15, 0.2) is 0 Å². The number of hydrogen-bond donors (Lipinski definition) is 3. The number of aromatic amines is 1. The summed E-state index contributed by atoms with van der Waals surface area (Å²) in [5.74, 6) is 0.0930. The summed E-state index contributed by atoms with van der Waals surface area (Å²) in [6, 6.07) is 20.4. The van der Waals surface area contributed by atoms with Crippen LogP contribution in [0.2, 0.25) is 0 Å². The predicted molar refractivity (Wildman–Crippen MR) is 154 cm³/mol. The molecule has 0 bridgehead atoms. The molecule has 1 aromatic heterocycles. The molecule has 0 aliphatic carbocycles. The van der Waals surface area contributed by atoms with Gasteiger partial charge in [0.05, 0.1) is 17.3 Å². The van der Waals surface area contributed by atoms with Crippen LogP contribution < -0.4 is 15.5 Å². The second-order valence-electron chi connectivity index (χ2n) is 8.30. The van der Waals surface area contributed by atoms with Crippen molar-refractivity contribution in [3.8, 4) is 5.75 Å². The number of ether oxygens (including phenoxy) is 2. The largest absolute Gasteiger partial charge is 0.487 e. The van der Waals surface area contributed by atoms with E-state index in [1.54, 1.807) is 6.92 Å². The number of H-pyrrole nitrogens is 1. The summed E-state index contributed by atoms with van der Waals surface area (Å²) in [6.07, 6.45) is 2.90. The average molecular weight is 642 g/mol. The van der Waals surface area contributed by atoms with Crippen LogP contribution in [0.1, 0.15) is 23.6 Å². The van der Waals surface area contributed by atoms with Crippen LogP contribution in [0, 0.1) is 0 Å². The summed E-state index contributed by atoms with van der Waals surface area (Å²) >= 11 is 7.03. The van der Waals surface area contributed by atoms with Crippen molar-refractivity contribution in [3.05, 3.63) is 98.6 Å². The highest BCUT2D eigenvalue weighted by Crippen LogP contribution is 2.32. The fourth-order valence-corrected chi connectivity index (χ4v) is 5.22. The highest BCUT2D eigenvalue weighted by Gasteiger charge is 2.23. The van der Waals surface area contributed by atoms with Gasteiger partial charge in [-0.2, -0.15) is 5.10 Å². The van der Waals surface area contributed by atoms with E-state index in [0.29, 0.717) is 17.9 Å². The predicted octanol–water partition coefficient (Wildman–Crippen LogP) is 6.08. The summed E-state index contributed by atoms with van der Waals surface area (Å²) in [7, 11) is 0. The zero-order valence-electron chi connectivity index (χ0n) is 20.5. The van der Waals surface area contributed by atoms with Crippen molar-refractivity contribution in [1.82, 2.24) is 15.7 Å². The number of aromatic nitrogens is 1. The summed E-state index contributed by atoms with van der Waals surface area (Å²) in [4.78, 5) is 28.5. The summed E-state index contributed by atoms with van der Waals surface area (Å²) in [6.45, 7) is 2.26. The van der Waals surface area contributed by atoms with Gasteiger partial charge in [-0.1, -0.05) is 64.5 Å². The molecule has 0 saturated carbocycles. The Kier molecular flexibility index (Phi) is 9.56. The van der Waals surface area contributed by atoms with Crippen molar-refractivity contribution in [3.63, 3.8) is 0 Å². The number of alkyl carbamates (subject to hydrolysis) is 1. The minimum Gasteiger partial charge on any atom is -0.487 e. The molecule has 10 heteroatoms. The van der Waals surface area contributed by atoms with Crippen LogP contribution in [0.5, 0.6) is 5.75 Å². The van der Waals surface area contributed by atoms with E-state index < -0.39 is 18.0 Å². The molecule has 196 valence electrons. The maximum atomic E-state index is 13.1. The Labute approximate surface area is 237 Å². The molecular formula is C28H26Br2N4O4. The third-order valence-electron chi connectivity index (χ3n) is 5.62. The van der Waals surface area contributed by atoms with Gasteiger partial charge in [0, 0.05) is 33.6 Å². The standard InChI is InChI=1S/C28H26Br2N4O4/c1-2-37-28(36)33-25(13-19-15-31-24-11-7-6-10-22(19)24)27(35)34-32-16-20-12-21(29)14-23(30)26(20)38-17-18-8-4-3-5-9-18/h3-12,14-16,25,31H,2,13,17H2,1H3,(H,33,36)(H,34,35)/b32-16-/t25-/m1/s1. The van der Waals surface area contributed by atoms with Gasteiger partial charge in [-0.05, 0) is 52.2 Å². The average Bonchev–Trinajstić information content (AvgIpc) is 3.31. The Bertz CT molecular complexity index is 1440. The fraction of sp³-hybridized carbons (Fsp3) is 0.179. The number of carbonyl (C=O) groups excluding carboxylic acids is 2. The number of amides is 2. The van der Waals surface area contributed by atoms with Crippen molar-refractivity contribution in [2.24, 2.45) is 5.10 Å². The first kappa shape index (κ1) is 27.4. The van der Waals surface area contributed by atoms with Gasteiger partial charge in [-0.25, -0.2) is 10.2 Å². The maximum absolute atomic E-state index is 13.1. The summed E-state index contributed by atoms with van der Waals surface area (Å²) < 4.78 is 12.6. The maximum Gasteiger partial charge on any atom is 0.407 e. The topological polar surface area (TPSA) is 105 Å². The van der Waals surface area contributed by atoms with E-state index in [-0.39, 0.29) is 13.0 Å². The molecule has 0 unspecified atom stereocenters. The van der Waals surface area contributed by atoms with E-state index >= 15 is 0 Å². The molecule has 0 saturated heterocycles. The van der Waals surface area contributed by atoms with Gasteiger partial charge >= 0.3 is 6.09 Å². The van der Waals surface area contributed by atoms with Crippen LogP contribution in [0.4, 0.5) is 4.79 Å². The molecule has 4 aromatic rings. The van der Waals surface area contributed by atoms with E-state index in [0.717, 1.165) is 31.0 Å². The van der Waals surface area contributed by atoms with E-state index in [9.17, 15) is 9.59 Å². The van der Waals surface area contributed by atoms with E-state index in [4.69, 9.17) is 9.47 Å². The fourth-order valence-electron chi connectivity index (χ4n) is 3.85. The Morgan fingerprint density at radius 3 is 2.63 bits per heavy atom. The lowest BCUT2D eigenvalue weighted by molar-refractivity contribution is -0.123. The Morgan fingerprint density at radius 2 is 1.84 bits per heavy atom. The number of rotatable bonds is 10. The zero-order chi connectivity index (χ0) is 26.9. The Balaban J connectivity index is 1.50. The molecule has 0 aliphatic heterocycles. The Morgan fingerprint density at radius 1 is 1.08 bits per heavy atom. The van der Waals surface area contributed by atoms with Gasteiger partial charge in [-0.15, -0.1) is 0 Å². The zero-order valence-corrected chi connectivity index (χ0v) is 23.7. The number of hydrazone groups is 1. The number of carbonyl (C=O) groups is 2. The number of nitrogens with zero attached hydrogens (tertiary/aromatic N) is 1. The second kappa shape index (κ2) is 13.3. The normalized spacial score (nSPS) is 11.9. The van der Waals surface area contributed by atoms with E-state index in [1.165, 1.54) is 6.21 Å². The first-order chi connectivity index (χ1) is 18.4. The molecular weight excluding hydrogens is 616 g/mol. The third-order valence-corrected chi connectivity index (χ3v) is 6.67. The van der Waals surface area contributed by atoms with Crippen LogP contribution in [0.3, 0.4) is 0 Å². The first-order valence-corrected chi connectivity index (χ1v) is 13.5. The van der Waals surface area contributed by atoms with E-state index in [2.05, 4.69) is 52.7 Å². The van der Waals surface area contributed by atoms with Gasteiger partial charge in [-0.3, -0.25) is 4.79 Å². The van der Waals surface area contributed by atoms with Gasteiger partial charge < -0.3 is 19.8 Å². The second-order valence-corrected chi connectivity index (χ2v) is 10.1. The molecule has 1 atom stereocenters. The van der Waals surface area contributed by atoms with Crippen molar-refractivity contribution in [1.29, 1.82) is 0 Å². The van der Waals surface area contributed by atoms with Crippen LogP contribution in [0.25, 0.3) is 10.9 Å². The lowest BCUT2D eigenvalue weighted by atomic mass is 10.0. The number of benzene rings is 3. The molecule has 4 rings (SSSR count). The molecule has 38 heavy (non-hydrogen) atoms. The monoisotopic (exact) mass is 640 g/mol. The SMILES string of the molecule is CCOC(=O)N[C@H](Cc1c[nH]c2ccccc12)C(=O)N/N=C\c1cc(Br)cc(Br)c1OCc1ccccc1. The molecule has 0 spiro atoms. The minimum atomic E-state index is -0.909. The summed E-state index contributed by atoms with van der Waals surface area (Å²) in [5.41, 5.74) is 6.03. The number of nitrogens with one attached hydrogen (secondary N) is 3. The molecule has 0 aliphatic rings. The van der Waals surface area contributed by atoms with Crippen LogP contribution in [-0.4, -0.2) is 35.8 Å². The molecule has 2 amide bonds.